The van der Waals surface area contributed by atoms with E-state index in [2.05, 4.69) is 19.9 Å². The largest absolute Gasteiger partial charge is 0.206 e. The van der Waals surface area contributed by atoms with E-state index in [1.165, 1.54) is 17.8 Å². The second-order valence-electron chi connectivity index (χ2n) is 3.67. The van der Waals surface area contributed by atoms with Crippen LogP contribution in [0.4, 0.5) is 4.39 Å². The second-order valence-corrected chi connectivity index (χ2v) is 4.86. The first-order valence-corrected chi connectivity index (χ1v) is 6.41. The molecule has 0 aliphatic heterocycles. The molecule has 1 nitrogen and oxygen atoms in total. The molecule has 0 saturated heterocycles. The Balaban J connectivity index is 2.79. The van der Waals surface area contributed by atoms with E-state index in [0.29, 0.717) is 10.8 Å². The van der Waals surface area contributed by atoms with Crippen LogP contribution in [0.1, 0.15) is 26.7 Å². The molecule has 0 amide bonds. The molecule has 0 aliphatic rings. The first-order valence-electron chi connectivity index (χ1n) is 5.53. The van der Waals surface area contributed by atoms with Crippen LogP contribution in [0, 0.1) is 23.1 Å². The van der Waals surface area contributed by atoms with E-state index in [4.69, 9.17) is 5.26 Å². The molecule has 0 radical (unpaired) electrons. The number of halogens is 1. The number of nitriles is 1. The quantitative estimate of drug-likeness (QED) is 0.715. The third kappa shape index (κ3) is 3.24. The summed E-state index contributed by atoms with van der Waals surface area (Å²) in [5.41, 5.74) is 0. The van der Waals surface area contributed by atoms with Crippen molar-refractivity contribution in [2.75, 3.05) is 0 Å². The lowest BCUT2D eigenvalue weighted by Gasteiger charge is -2.18. The average molecular weight is 237 g/mol. The minimum atomic E-state index is -0.237. The fourth-order valence-corrected chi connectivity index (χ4v) is 2.86. The topological polar surface area (TPSA) is 23.8 Å². The molecule has 1 atom stereocenters. The van der Waals surface area contributed by atoms with Gasteiger partial charge in [-0.3, -0.25) is 0 Å². The summed E-state index contributed by atoms with van der Waals surface area (Å²) >= 11 is 1.34. The van der Waals surface area contributed by atoms with Crippen LogP contribution in [0.2, 0.25) is 0 Å². The average Bonchev–Trinajstić information content (AvgIpc) is 2.31. The van der Waals surface area contributed by atoms with E-state index in [9.17, 15) is 4.39 Å². The molecule has 0 aliphatic carbocycles. The molecule has 3 heteroatoms. The molecule has 0 bridgehead atoms. The number of benzene rings is 1. The minimum absolute atomic E-state index is 0.160. The minimum Gasteiger partial charge on any atom is -0.206 e. The molecule has 0 N–H and O–H groups in total. The van der Waals surface area contributed by atoms with E-state index in [1.54, 1.807) is 18.2 Å². The Kier molecular flexibility index (Phi) is 5.34. The van der Waals surface area contributed by atoms with Crippen LogP contribution in [-0.2, 0) is 0 Å². The summed E-state index contributed by atoms with van der Waals surface area (Å²) in [6.07, 6.45) is 1.91. The van der Waals surface area contributed by atoms with Crippen LogP contribution in [0.3, 0.4) is 0 Å². The highest BCUT2D eigenvalue weighted by atomic mass is 32.2. The third-order valence-electron chi connectivity index (χ3n) is 2.69. The van der Waals surface area contributed by atoms with Crippen molar-refractivity contribution in [3.05, 3.63) is 30.1 Å². The van der Waals surface area contributed by atoms with Crippen LogP contribution in [-0.4, -0.2) is 5.25 Å². The van der Waals surface area contributed by atoms with Crippen LogP contribution in [0.25, 0.3) is 0 Å². The third-order valence-corrected chi connectivity index (χ3v) is 4.02. The van der Waals surface area contributed by atoms with Gasteiger partial charge in [0.25, 0.3) is 0 Å². The van der Waals surface area contributed by atoms with Crippen molar-refractivity contribution in [3.63, 3.8) is 0 Å². The molecule has 0 fully saturated rings. The van der Waals surface area contributed by atoms with Crippen molar-refractivity contribution in [2.24, 2.45) is 5.92 Å². The van der Waals surface area contributed by atoms with Gasteiger partial charge in [-0.05, 0) is 18.1 Å². The van der Waals surface area contributed by atoms with Gasteiger partial charge in [0.05, 0.1) is 11.3 Å². The highest BCUT2D eigenvalue weighted by Crippen LogP contribution is 2.32. The van der Waals surface area contributed by atoms with Crippen LogP contribution < -0.4 is 0 Å². The number of nitrogens with zero attached hydrogens (tertiary/aromatic N) is 1. The zero-order valence-corrected chi connectivity index (χ0v) is 10.4. The Morgan fingerprint density at radius 2 is 1.94 bits per heavy atom. The Bertz CT molecular complexity index is 368. The highest BCUT2D eigenvalue weighted by Gasteiger charge is 2.20. The van der Waals surface area contributed by atoms with E-state index in [0.717, 1.165) is 12.8 Å². The van der Waals surface area contributed by atoms with E-state index in [1.807, 2.05) is 0 Å². The van der Waals surface area contributed by atoms with Gasteiger partial charge in [0, 0.05) is 4.90 Å². The predicted molar refractivity (Wildman–Crippen MR) is 65.7 cm³/mol. The van der Waals surface area contributed by atoms with E-state index >= 15 is 0 Å². The van der Waals surface area contributed by atoms with Crippen LogP contribution in [0.15, 0.2) is 29.2 Å². The summed E-state index contributed by atoms with van der Waals surface area (Å²) in [5, 5.41) is 8.96. The van der Waals surface area contributed by atoms with Gasteiger partial charge in [0.15, 0.2) is 0 Å². The Hall–Kier alpha value is -1.01. The normalized spacial score (nSPS) is 12.4. The molecule has 0 spiro atoms. The van der Waals surface area contributed by atoms with E-state index < -0.39 is 0 Å². The standard InChI is InChI=1S/C13H16FNS/c1-3-10(4-2)13(9-15)16-12-8-6-5-7-11(12)14/h5-8,10,13H,3-4H2,1-2H3. The first-order chi connectivity index (χ1) is 7.72. The van der Waals surface area contributed by atoms with Crippen molar-refractivity contribution in [1.29, 1.82) is 5.26 Å². The number of hydrogen-bond donors (Lipinski definition) is 0. The zero-order valence-electron chi connectivity index (χ0n) is 9.61. The monoisotopic (exact) mass is 237 g/mol. The maximum Gasteiger partial charge on any atom is 0.136 e. The fraction of sp³-hybridized carbons (Fsp3) is 0.462. The molecule has 86 valence electrons. The molecule has 16 heavy (non-hydrogen) atoms. The van der Waals surface area contributed by atoms with Crippen LogP contribution in [0.5, 0.6) is 0 Å². The predicted octanol–water partition coefficient (Wildman–Crippen LogP) is 4.25. The highest BCUT2D eigenvalue weighted by molar-refractivity contribution is 8.00. The summed E-state index contributed by atoms with van der Waals surface area (Å²) in [7, 11) is 0. The summed E-state index contributed by atoms with van der Waals surface area (Å²) in [6, 6.07) is 8.90. The number of rotatable bonds is 5. The maximum atomic E-state index is 13.4. The Morgan fingerprint density at radius 1 is 1.31 bits per heavy atom. The van der Waals surface area contributed by atoms with Crippen molar-refractivity contribution in [3.8, 4) is 6.07 Å². The summed E-state index contributed by atoms with van der Waals surface area (Å²) in [6.45, 7) is 4.14. The summed E-state index contributed by atoms with van der Waals surface area (Å²) in [5.74, 6) is 0.0910. The molecule has 1 rings (SSSR count). The molecule has 0 heterocycles. The fourth-order valence-electron chi connectivity index (χ4n) is 1.62. The van der Waals surface area contributed by atoms with Crippen molar-refractivity contribution in [2.45, 2.75) is 36.8 Å². The SMILES string of the molecule is CCC(CC)C(C#N)Sc1ccccc1F. The molecule has 1 aromatic rings. The lowest BCUT2D eigenvalue weighted by atomic mass is 10.0. The van der Waals surface area contributed by atoms with Crippen molar-refractivity contribution >= 4 is 11.8 Å². The summed E-state index contributed by atoms with van der Waals surface area (Å²) < 4.78 is 13.4. The molecule has 1 unspecified atom stereocenters. The van der Waals surface area contributed by atoms with Crippen LogP contribution >= 0.6 is 11.8 Å². The first kappa shape index (κ1) is 13.1. The molecule has 0 saturated carbocycles. The van der Waals surface area contributed by atoms with Gasteiger partial charge in [0.1, 0.15) is 5.82 Å². The van der Waals surface area contributed by atoms with Crippen molar-refractivity contribution in [1.82, 2.24) is 0 Å². The second kappa shape index (κ2) is 6.55. The maximum absolute atomic E-state index is 13.4. The zero-order chi connectivity index (χ0) is 12.0. The molecular weight excluding hydrogens is 221 g/mol. The van der Waals surface area contributed by atoms with Gasteiger partial charge in [0.2, 0.25) is 0 Å². The van der Waals surface area contributed by atoms with E-state index in [-0.39, 0.29) is 11.1 Å². The van der Waals surface area contributed by atoms with Gasteiger partial charge < -0.3 is 0 Å². The molecule has 1 aromatic carbocycles. The van der Waals surface area contributed by atoms with Gasteiger partial charge in [-0.15, -0.1) is 11.8 Å². The number of thioether (sulfide) groups is 1. The molecular formula is C13H16FNS. The van der Waals surface area contributed by atoms with Gasteiger partial charge in [-0.1, -0.05) is 38.8 Å². The van der Waals surface area contributed by atoms with Gasteiger partial charge >= 0.3 is 0 Å². The Morgan fingerprint density at radius 3 is 2.44 bits per heavy atom. The lowest BCUT2D eigenvalue weighted by Crippen LogP contribution is -2.13. The molecule has 0 aromatic heterocycles. The smallest absolute Gasteiger partial charge is 0.136 e. The van der Waals surface area contributed by atoms with Gasteiger partial charge in [-0.25, -0.2) is 4.39 Å². The van der Waals surface area contributed by atoms with Gasteiger partial charge in [-0.2, -0.15) is 5.26 Å². The Labute approximate surface area is 101 Å². The summed E-state index contributed by atoms with van der Waals surface area (Å²) in [4.78, 5) is 0.570. The number of hydrogen-bond acceptors (Lipinski definition) is 2. The lowest BCUT2D eigenvalue weighted by molar-refractivity contribution is 0.513. The van der Waals surface area contributed by atoms with Crippen molar-refractivity contribution < 1.29 is 4.39 Å².